The van der Waals surface area contributed by atoms with E-state index in [0.29, 0.717) is 29.3 Å². The first kappa shape index (κ1) is 19.2. The van der Waals surface area contributed by atoms with Gasteiger partial charge in [-0.25, -0.2) is 0 Å². The highest BCUT2D eigenvalue weighted by Gasteiger charge is 2.36. The molecule has 0 atom stereocenters. The summed E-state index contributed by atoms with van der Waals surface area (Å²) in [5, 5.41) is 5.74. The normalized spacial score (nSPS) is 13.8. The number of carbonyl (C=O) groups excluding carboxylic acids is 3. The van der Waals surface area contributed by atoms with E-state index in [9.17, 15) is 14.4 Å². The quantitative estimate of drug-likeness (QED) is 0.754. The minimum atomic E-state index is -0.409. The molecule has 7 heteroatoms. The summed E-state index contributed by atoms with van der Waals surface area (Å²) in [6.07, 6.45) is 0. The van der Waals surface area contributed by atoms with Crippen molar-refractivity contribution < 1.29 is 19.1 Å². The van der Waals surface area contributed by atoms with Crippen molar-refractivity contribution in [3.05, 3.63) is 59.8 Å². The summed E-state index contributed by atoms with van der Waals surface area (Å²) in [7, 11) is 1.45. The van der Waals surface area contributed by atoms with Gasteiger partial charge in [0.2, 0.25) is 5.91 Å². The van der Waals surface area contributed by atoms with Crippen molar-refractivity contribution in [3.63, 3.8) is 0 Å². The molecule has 7 nitrogen and oxygen atoms in total. The third-order valence-electron chi connectivity index (χ3n) is 4.20. The number of benzene rings is 2. The van der Waals surface area contributed by atoms with Crippen molar-refractivity contribution in [2.45, 2.75) is 13.8 Å². The molecule has 0 saturated heterocycles. The zero-order valence-corrected chi connectivity index (χ0v) is 15.9. The highest BCUT2D eigenvalue weighted by atomic mass is 16.5. The molecule has 0 bridgehead atoms. The molecule has 1 heterocycles. The van der Waals surface area contributed by atoms with Crippen LogP contribution in [0.2, 0.25) is 0 Å². The van der Waals surface area contributed by atoms with Gasteiger partial charge in [-0.2, -0.15) is 0 Å². The monoisotopic (exact) mass is 379 g/mol. The van der Waals surface area contributed by atoms with Gasteiger partial charge in [-0.3, -0.25) is 19.3 Å². The third kappa shape index (κ3) is 3.88. The van der Waals surface area contributed by atoms with Gasteiger partial charge < -0.3 is 15.4 Å². The van der Waals surface area contributed by atoms with Crippen molar-refractivity contribution in [2.75, 3.05) is 24.3 Å². The molecule has 0 unspecified atom stereocenters. The lowest BCUT2D eigenvalue weighted by atomic mass is 10.0. The Kier molecular flexibility index (Phi) is 5.44. The summed E-state index contributed by atoms with van der Waals surface area (Å²) in [5.41, 5.74) is 2.32. The molecule has 2 N–H and O–H groups in total. The minimum Gasteiger partial charge on any atom is -0.494 e. The molecular weight excluding hydrogens is 358 g/mol. The Balaban J connectivity index is 1.98. The summed E-state index contributed by atoms with van der Waals surface area (Å²) in [4.78, 5) is 37.5. The average molecular weight is 379 g/mol. The van der Waals surface area contributed by atoms with Crippen LogP contribution in [0.1, 0.15) is 19.4 Å². The number of nitrogens with one attached hydrogen (secondary N) is 2. The molecule has 0 radical (unpaired) electrons. The number of likely N-dealkylation sites (N-methyl/N-ethyl adjacent to an activating group) is 1. The molecule has 1 aliphatic rings. The van der Waals surface area contributed by atoms with Gasteiger partial charge in [0.1, 0.15) is 11.4 Å². The molecule has 0 aliphatic carbocycles. The van der Waals surface area contributed by atoms with E-state index >= 15 is 0 Å². The van der Waals surface area contributed by atoms with Crippen molar-refractivity contribution in [3.8, 4) is 5.75 Å². The second-order valence-electron chi connectivity index (χ2n) is 6.26. The van der Waals surface area contributed by atoms with Crippen LogP contribution >= 0.6 is 0 Å². The van der Waals surface area contributed by atoms with E-state index < -0.39 is 5.91 Å². The largest absolute Gasteiger partial charge is 0.494 e. The second-order valence-corrected chi connectivity index (χ2v) is 6.26. The molecule has 2 aromatic carbocycles. The topological polar surface area (TPSA) is 87.7 Å². The molecule has 0 saturated carbocycles. The number of carbonyl (C=O) groups is 3. The second kappa shape index (κ2) is 7.96. The lowest BCUT2D eigenvalue weighted by molar-refractivity contribution is -0.135. The van der Waals surface area contributed by atoms with E-state index in [4.69, 9.17) is 4.74 Å². The molecule has 3 amide bonds. The molecule has 1 aliphatic heterocycles. The van der Waals surface area contributed by atoms with Crippen molar-refractivity contribution in [2.24, 2.45) is 0 Å². The molecule has 3 rings (SSSR count). The Morgan fingerprint density at radius 3 is 2.39 bits per heavy atom. The van der Waals surface area contributed by atoms with E-state index in [0.717, 1.165) is 4.90 Å². The van der Waals surface area contributed by atoms with Gasteiger partial charge in [0.15, 0.2) is 0 Å². The summed E-state index contributed by atoms with van der Waals surface area (Å²) in [5.74, 6) is -0.316. The van der Waals surface area contributed by atoms with Crippen molar-refractivity contribution in [1.82, 2.24) is 4.90 Å². The first-order valence-corrected chi connectivity index (χ1v) is 8.85. The van der Waals surface area contributed by atoms with Crippen LogP contribution in [0.25, 0.3) is 5.57 Å². The van der Waals surface area contributed by atoms with Crippen molar-refractivity contribution in [1.29, 1.82) is 0 Å². The minimum absolute atomic E-state index is 0.185. The van der Waals surface area contributed by atoms with Gasteiger partial charge in [0.25, 0.3) is 11.8 Å². The fraction of sp³-hybridized carbons (Fsp3) is 0.190. The molecule has 2 aromatic rings. The molecule has 0 fully saturated rings. The van der Waals surface area contributed by atoms with Crippen LogP contribution in [0, 0.1) is 0 Å². The maximum atomic E-state index is 12.7. The van der Waals surface area contributed by atoms with Crippen LogP contribution < -0.4 is 15.4 Å². The van der Waals surface area contributed by atoms with E-state index in [1.165, 1.54) is 14.0 Å². The Bertz CT molecular complexity index is 964. The Labute approximate surface area is 163 Å². The fourth-order valence-corrected chi connectivity index (χ4v) is 2.92. The highest BCUT2D eigenvalue weighted by Crippen LogP contribution is 2.31. The molecule has 28 heavy (non-hydrogen) atoms. The van der Waals surface area contributed by atoms with E-state index in [1.807, 2.05) is 13.0 Å². The van der Waals surface area contributed by atoms with Gasteiger partial charge in [-0.15, -0.1) is 0 Å². The van der Waals surface area contributed by atoms with E-state index in [1.54, 1.807) is 42.5 Å². The Hall–Kier alpha value is -3.61. The Morgan fingerprint density at radius 2 is 1.75 bits per heavy atom. The first-order chi connectivity index (χ1) is 13.4. The number of rotatable bonds is 6. The van der Waals surface area contributed by atoms with Crippen LogP contribution in [0.15, 0.2) is 54.2 Å². The maximum absolute atomic E-state index is 12.7. The predicted molar refractivity (Wildman–Crippen MR) is 107 cm³/mol. The van der Waals surface area contributed by atoms with Gasteiger partial charge in [0, 0.05) is 31.4 Å². The number of ether oxygens (including phenoxy) is 1. The van der Waals surface area contributed by atoms with Gasteiger partial charge in [-0.1, -0.05) is 18.2 Å². The summed E-state index contributed by atoms with van der Waals surface area (Å²) < 4.78 is 5.48. The first-order valence-electron chi connectivity index (χ1n) is 8.85. The fourth-order valence-electron chi connectivity index (χ4n) is 2.92. The lowest BCUT2D eigenvalue weighted by Gasteiger charge is -2.11. The maximum Gasteiger partial charge on any atom is 0.277 e. The number of imide groups is 1. The standard InChI is InChI=1S/C21H21N3O4/c1-4-28-17-7-5-6-16(12-17)23-19-18(20(26)24(3)21(19)27)14-8-10-15(11-9-14)22-13(2)25/h5-12,23H,4H2,1-3H3,(H,22,25). The summed E-state index contributed by atoms with van der Waals surface area (Å²) >= 11 is 0. The Morgan fingerprint density at radius 1 is 1.04 bits per heavy atom. The number of amides is 3. The molecule has 0 aromatic heterocycles. The van der Waals surface area contributed by atoms with Crippen LogP contribution in [0.3, 0.4) is 0 Å². The number of anilines is 2. The van der Waals surface area contributed by atoms with Gasteiger partial charge >= 0.3 is 0 Å². The lowest BCUT2D eigenvalue weighted by Crippen LogP contribution is -2.27. The van der Waals surface area contributed by atoms with E-state index in [-0.39, 0.29) is 23.1 Å². The summed E-state index contributed by atoms with van der Waals surface area (Å²) in [6, 6.07) is 14.0. The smallest absolute Gasteiger partial charge is 0.277 e. The van der Waals surface area contributed by atoms with E-state index in [2.05, 4.69) is 10.6 Å². The van der Waals surface area contributed by atoms with Crippen LogP contribution in [-0.4, -0.2) is 36.3 Å². The van der Waals surface area contributed by atoms with Crippen molar-refractivity contribution >= 4 is 34.7 Å². The van der Waals surface area contributed by atoms with Crippen LogP contribution in [-0.2, 0) is 14.4 Å². The predicted octanol–water partition coefficient (Wildman–Crippen LogP) is 2.87. The van der Waals surface area contributed by atoms with Gasteiger partial charge in [-0.05, 0) is 36.8 Å². The number of hydrogen-bond acceptors (Lipinski definition) is 5. The molecule has 0 spiro atoms. The molecule has 144 valence electrons. The highest BCUT2D eigenvalue weighted by molar-refractivity contribution is 6.36. The van der Waals surface area contributed by atoms with Crippen LogP contribution in [0.5, 0.6) is 5.75 Å². The third-order valence-corrected chi connectivity index (χ3v) is 4.20. The summed E-state index contributed by atoms with van der Waals surface area (Å²) in [6.45, 7) is 3.83. The van der Waals surface area contributed by atoms with Gasteiger partial charge in [0.05, 0.1) is 12.2 Å². The SMILES string of the molecule is CCOc1cccc(NC2=C(c3ccc(NC(C)=O)cc3)C(=O)N(C)C2=O)c1. The zero-order valence-electron chi connectivity index (χ0n) is 15.9. The zero-order chi connectivity index (χ0) is 20.3. The van der Waals surface area contributed by atoms with Crippen LogP contribution in [0.4, 0.5) is 11.4 Å². The average Bonchev–Trinajstić information content (AvgIpc) is 2.87. The number of hydrogen-bond donors (Lipinski definition) is 2. The number of nitrogens with zero attached hydrogens (tertiary/aromatic N) is 1. The molecular formula is C21H21N3O4.